The third-order valence-electron chi connectivity index (χ3n) is 5.29. The summed E-state index contributed by atoms with van der Waals surface area (Å²) < 4.78 is 0. The van der Waals surface area contributed by atoms with Gasteiger partial charge in [0.25, 0.3) is 11.8 Å². The van der Waals surface area contributed by atoms with Gasteiger partial charge in [-0.1, -0.05) is 12.1 Å². The van der Waals surface area contributed by atoms with Crippen molar-refractivity contribution >= 4 is 17.6 Å². The van der Waals surface area contributed by atoms with E-state index in [1.165, 1.54) is 4.90 Å². The summed E-state index contributed by atoms with van der Waals surface area (Å²) in [6, 6.07) is 10.8. The van der Waals surface area contributed by atoms with Crippen LogP contribution >= 0.6 is 0 Å². The topological polar surface area (TPSA) is 88.1 Å². The maximum Gasteiger partial charge on any atom is 0.261 e. The number of benzene rings is 1. The fourth-order valence-corrected chi connectivity index (χ4v) is 3.47. The molecule has 4 rings (SSSR count). The van der Waals surface area contributed by atoms with E-state index in [-0.39, 0.29) is 11.8 Å². The van der Waals surface area contributed by atoms with Gasteiger partial charge in [0.15, 0.2) is 5.82 Å². The minimum atomic E-state index is -0.202. The Morgan fingerprint density at radius 1 is 0.933 bits per heavy atom. The van der Waals surface area contributed by atoms with Crippen LogP contribution in [0.3, 0.4) is 0 Å². The number of hydrogen-bond donors (Lipinski definition) is 1. The van der Waals surface area contributed by atoms with Gasteiger partial charge in [0.05, 0.1) is 11.1 Å². The van der Waals surface area contributed by atoms with E-state index in [4.69, 9.17) is 0 Å². The van der Waals surface area contributed by atoms with Gasteiger partial charge >= 0.3 is 0 Å². The van der Waals surface area contributed by atoms with Crippen LogP contribution in [0.2, 0.25) is 0 Å². The number of aryl methyl sites for hydroxylation is 1. The molecule has 1 aromatic carbocycles. The highest BCUT2D eigenvalue weighted by molar-refractivity contribution is 6.21. The molecule has 0 aliphatic carbocycles. The van der Waals surface area contributed by atoms with Gasteiger partial charge in [-0.15, -0.1) is 0 Å². The number of fused-ring (bicyclic) bond motifs is 1. The van der Waals surface area contributed by atoms with E-state index >= 15 is 0 Å². The fraction of sp³-hybridized carbons (Fsp3) is 0.261. The van der Waals surface area contributed by atoms with E-state index in [9.17, 15) is 9.59 Å². The lowest BCUT2D eigenvalue weighted by Crippen LogP contribution is -2.30. The number of imide groups is 1. The molecule has 2 amide bonds. The van der Waals surface area contributed by atoms with Crippen LogP contribution in [0, 0.1) is 13.8 Å². The molecule has 2 aromatic heterocycles. The molecule has 1 aliphatic heterocycles. The highest BCUT2D eigenvalue weighted by Gasteiger charge is 2.34. The number of hydrogen-bond acceptors (Lipinski definition) is 6. The van der Waals surface area contributed by atoms with Gasteiger partial charge in [0.1, 0.15) is 5.82 Å². The molecule has 3 heterocycles. The zero-order chi connectivity index (χ0) is 21.1. The summed E-state index contributed by atoms with van der Waals surface area (Å²) in [4.78, 5) is 39.5. The zero-order valence-corrected chi connectivity index (χ0v) is 17.1. The number of rotatable bonds is 7. The van der Waals surface area contributed by atoms with Crippen LogP contribution in [0.15, 0.2) is 48.8 Å². The van der Waals surface area contributed by atoms with E-state index in [0.717, 1.165) is 35.5 Å². The van der Waals surface area contributed by atoms with Crippen molar-refractivity contribution in [2.75, 3.05) is 18.4 Å². The third-order valence-corrected chi connectivity index (χ3v) is 5.29. The highest BCUT2D eigenvalue weighted by atomic mass is 16.2. The van der Waals surface area contributed by atoms with E-state index < -0.39 is 0 Å². The minimum Gasteiger partial charge on any atom is -0.370 e. The van der Waals surface area contributed by atoms with E-state index in [0.29, 0.717) is 30.0 Å². The average molecular weight is 401 g/mol. The average Bonchev–Trinajstić information content (AvgIpc) is 3.01. The number of unbranched alkanes of at least 4 members (excludes halogenated alkanes) is 1. The van der Waals surface area contributed by atoms with Crippen molar-refractivity contribution in [2.24, 2.45) is 0 Å². The van der Waals surface area contributed by atoms with Crippen LogP contribution in [0.25, 0.3) is 11.4 Å². The molecule has 3 aromatic rings. The largest absolute Gasteiger partial charge is 0.370 e. The Hall–Kier alpha value is -3.61. The first-order valence-corrected chi connectivity index (χ1v) is 10.0. The molecule has 30 heavy (non-hydrogen) atoms. The molecule has 0 unspecified atom stereocenters. The lowest BCUT2D eigenvalue weighted by Gasteiger charge is -2.15. The molecule has 0 saturated carbocycles. The maximum atomic E-state index is 12.4. The van der Waals surface area contributed by atoms with Gasteiger partial charge < -0.3 is 5.32 Å². The second-order valence-electron chi connectivity index (χ2n) is 7.29. The summed E-state index contributed by atoms with van der Waals surface area (Å²) in [7, 11) is 0. The van der Waals surface area contributed by atoms with Crippen molar-refractivity contribution in [1.82, 2.24) is 19.9 Å². The Morgan fingerprint density at radius 2 is 1.67 bits per heavy atom. The molecule has 1 aliphatic rings. The minimum absolute atomic E-state index is 0.202. The number of carbonyl (C=O) groups is 2. The molecule has 1 N–H and O–H groups in total. The molecule has 0 atom stereocenters. The van der Waals surface area contributed by atoms with Gasteiger partial charge in [-0.05, 0) is 51.0 Å². The second-order valence-corrected chi connectivity index (χ2v) is 7.29. The Morgan fingerprint density at radius 3 is 2.33 bits per heavy atom. The number of carbonyl (C=O) groups excluding carboxylic acids is 2. The number of nitrogens with zero attached hydrogens (tertiary/aromatic N) is 4. The summed E-state index contributed by atoms with van der Waals surface area (Å²) in [5.41, 5.74) is 3.78. The number of nitrogens with one attached hydrogen (secondary N) is 1. The normalized spacial score (nSPS) is 12.9. The summed E-state index contributed by atoms with van der Waals surface area (Å²) >= 11 is 0. The van der Waals surface area contributed by atoms with Crippen LogP contribution in [-0.2, 0) is 0 Å². The van der Waals surface area contributed by atoms with E-state index in [1.807, 2.05) is 26.0 Å². The lowest BCUT2D eigenvalue weighted by atomic mass is 10.1. The van der Waals surface area contributed by atoms with Crippen LogP contribution in [0.4, 0.5) is 5.82 Å². The van der Waals surface area contributed by atoms with Gasteiger partial charge in [-0.2, -0.15) is 0 Å². The molecule has 0 fully saturated rings. The molecule has 0 spiro atoms. The first kappa shape index (κ1) is 19.7. The Labute approximate surface area is 175 Å². The molecular weight excluding hydrogens is 378 g/mol. The first-order valence-electron chi connectivity index (χ1n) is 10.0. The van der Waals surface area contributed by atoms with Crippen LogP contribution in [0.1, 0.15) is 44.8 Å². The molecule has 0 saturated heterocycles. The number of pyridine rings is 1. The third kappa shape index (κ3) is 3.78. The SMILES string of the molecule is Cc1nc(-c2cccnc2)nc(NCCCCN2C(=O)c3ccccc3C2=O)c1C. The second kappa shape index (κ2) is 8.41. The molecule has 152 valence electrons. The zero-order valence-electron chi connectivity index (χ0n) is 17.1. The first-order chi connectivity index (χ1) is 14.6. The van der Waals surface area contributed by atoms with Crippen molar-refractivity contribution in [3.05, 3.63) is 71.2 Å². The maximum absolute atomic E-state index is 12.4. The van der Waals surface area contributed by atoms with Crippen LogP contribution in [-0.4, -0.2) is 44.8 Å². The fourth-order valence-electron chi connectivity index (χ4n) is 3.47. The molecular formula is C23H23N5O2. The number of anilines is 1. The van der Waals surface area contributed by atoms with Crippen LogP contribution in [0.5, 0.6) is 0 Å². The quantitative estimate of drug-likeness (QED) is 0.480. The van der Waals surface area contributed by atoms with Gasteiger partial charge in [0.2, 0.25) is 0 Å². The standard InChI is InChI=1S/C23H23N5O2/c1-15-16(2)26-21(17-8-7-11-24-14-17)27-20(15)25-12-5-6-13-28-22(29)18-9-3-4-10-19(18)23(28)30/h3-4,7-11,14H,5-6,12-13H2,1-2H3,(H,25,26,27). The Kier molecular flexibility index (Phi) is 5.52. The van der Waals surface area contributed by atoms with Crippen molar-refractivity contribution < 1.29 is 9.59 Å². The van der Waals surface area contributed by atoms with E-state index in [2.05, 4.69) is 20.3 Å². The van der Waals surface area contributed by atoms with Gasteiger partial charge in [-0.25, -0.2) is 9.97 Å². The van der Waals surface area contributed by atoms with Gasteiger partial charge in [0, 0.05) is 42.3 Å². The van der Waals surface area contributed by atoms with Crippen molar-refractivity contribution in [3.63, 3.8) is 0 Å². The summed E-state index contributed by atoms with van der Waals surface area (Å²) in [6.45, 7) is 5.05. The highest BCUT2D eigenvalue weighted by Crippen LogP contribution is 2.23. The Balaban J connectivity index is 1.34. The van der Waals surface area contributed by atoms with Crippen LogP contribution < -0.4 is 5.32 Å². The smallest absolute Gasteiger partial charge is 0.261 e. The lowest BCUT2D eigenvalue weighted by molar-refractivity contribution is 0.0652. The van der Waals surface area contributed by atoms with Crippen molar-refractivity contribution in [1.29, 1.82) is 0 Å². The predicted molar refractivity (Wildman–Crippen MR) is 114 cm³/mol. The molecule has 7 heteroatoms. The monoisotopic (exact) mass is 401 g/mol. The number of amides is 2. The summed E-state index contributed by atoms with van der Waals surface area (Å²) in [5, 5.41) is 3.37. The number of aromatic nitrogens is 3. The van der Waals surface area contributed by atoms with Crippen molar-refractivity contribution in [3.8, 4) is 11.4 Å². The van der Waals surface area contributed by atoms with Crippen molar-refractivity contribution in [2.45, 2.75) is 26.7 Å². The Bertz CT molecular complexity index is 1060. The molecule has 0 bridgehead atoms. The molecule has 0 radical (unpaired) electrons. The van der Waals surface area contributed by atoms with Gasteiger partial charge in [-0.3, -0.25) is 19.5 Å². The predicted octanol–water partition coefficient (Wildman–Crippen LogP) is 3.64. The van der Waals surface area contributed by atoms with E-state index in [1.54, 1.807) is 36.7 Å². The molecule has 7 nitrogen and oxygen atoms in total. The summed E-state index contributed by atoms with van der Waals surface area (Å²) in [6.07, 6.45) is 4.99. The summed E-state index contributed by atoms with van der Waals surface area (Å²) in [5.74, 6) is 1.03.